The molecule has 0 amide bonds. The van der Waals surface area contributed by atoms with E-state index in [1.165, 1.54) is 12.1 Å². The first kappa shape index (κ1) is 18.9. The second kappa shape index (κ2) is 8.12. The Morgan fingerprint density at radius 1 is 1.27 bits per heavy atom. The number of esters is 1. The summed E-state index contributed by atoms with van der Waals surface area (Å²) in [6.07, 6.45) is 0.815. The maximum absolute atomic E-state index is 13.2. The lowest BCUT2D eigenvalue weighted by atomic mass is 10.2. The van der Waals surface area contributed by atoms with Crippen LogP contribution in [0.25, 0.3) is 5.65 Å². The predicted molar refractivity (Wildman–Crippen MR) is 85.5 cm³/mol. The molecule has 0 saturated heterocycles. The first-order chi connectivity index (χ1) is 12.4. The minimum absolute atomic E-state index is 0.216. The summed E-state index contributed by atoms with van der Waals surface area (Å²) in [7, 11) is 1.11. The lowest BCUT2D eigenvalue weighted by Crippen LogP contribution is -2.13. The number of carbonyl (C=O) groups excluding carboxylic acids is 1. The van der Waals surface area contributed by atoms with Gasteiger partial charge in [-0.25, -0.2) is 27.9 Å². The van der Waals surface area contributed by atoms with Gasteiger partial charge in [0.2, 0.25) is 0 Å². The molecule has 10 heteroatoms. The summed E-state index contributed by atoms with van der Waals surface area (Å²) >= 11 is 0. The van der Waals surface area contributed by atoms with Crippen molar-refractivity contribution in [2.75, 3.05) is 7.11 Å². The maximum atomic E-state index is 13.2. The van der Waals surface area contributed by atoms with Crippen LogP contribution in [0.4, 0.5) is 8.78 Å². The van der Waals surface area contributed by atoms with Gasteiger partial charge in [0, 0.05) is 12.6 Å². The topological polar surface area (TPSA) is 120 Å². The molecular formula is C16H14F2N4O4. The first-order valence-electron chi connectivity index (χ1n) is 7.17. The molecule has 1 aromatic carbocycles. The van der Waals surface area contributed by atoms with Crippen molar-refractivity contribution in [3.63, 3.8) is 0 Å². The Morgan fingerprint density at radius 3 is 2.46 bits per heavy atom. The largest absolute Gasteiger partial charge is 0.477 e. The van der Waals surface area contributed by atoms with Crippen LogP contribution in [0.1, 0.15) is 26.5 Å². The van der Waals surface area contributed by atoms with Gasteiger partial charge in [-0.15, -0.1) is 0 Å². The number of carboxylic acid groups (broad SMARTS) is 1. The van der Waals surface area contributed by atoms with Crippen molar-refractivity contribution >= 4 is 17.6 Å². The smallest absolute Gasteiger partial charge is 0.356 e. The highest BCUT2D eigenvalue weighted by atomic mass is 19.1. The second-order valence-electron chi connectivity index (χ2n) is 4.88. The van der Waals surface area contributed by atoms with Crippen LogP contribution in [0, 0.1) is 11.6 Å². The summed E-state index contributed by atoms with van der Waals surface area (Å²) in [6.45, 7) is 0.472. The van der Waals surface area contributed by atoms with Crippen molar-refractivity contribution < 1.29 is 28.2 Å². The number of aromatic carboxylic acids is 1. The average Bonchev–Trinajstić information content (AvgIpc) is 3.02. The Kier molecular flexibility index (Phi) is 5.91. The molecule has 0 aliphatic rings. The number of carbonyl (C=O) groups is 2. The van der Waals surface area contributed by atoms with Crippen LogP contribution in [-0.2, 0) is 11.3 Å². The lowest BCUT2D eigenvalue weighted by molar-refractivity contribution is 0.0594. The van der Waals surface area contributed by atoms with Gasteiger partial charge in [-0.2, -0.15) is 5.10 Å². The fourth-order valence-corrected chi connectivity index (χ4v) is 1.92. The highest BCUT2D eigenvalue weighted by molar-refractivity contribution is 5.92. The van der Waals surface area contributed by atoms with E-state index in [2.05, 4.69) is 14.8 Å². The third-order valence-corrected chi connectivity index (χ3v) is 3.19. The predicted octanol–water partition coefficient (Wildman–Crippen LogP) is 1.64. The SMILES string of the molecule is COC(=O)c1cc(C(=O)O)n2ncc(F)c2n1.NCc1ccc(F)cc1. The van der Waals surface area contributed by atoms with Crippen molar-refractivity contribution in [1.82, 2.24) is 14.6 Å². The number of rotatable bonds is 3. The van der Waals surface area contributed by atoms with Crippen molar-refractivity contribution in [2.45, 2.75) is 6.54 Å². The number of aromatic nitrogens is 3. The summed E-state index contributed by atoms with van der Waals surface area (Å²) in [5.74, 6) is -3.24. The molecule has 0 aliphatic heterocycles. The normalized spacial score (nSPS) is 10.2. The number of hydrogen-bond acceptors (Lipinski definition) is 6. The van der Waals surface area contributed by atoms with Crippen molar-refractivity contribution in [1.29, 1.82) is 0 Å². The van der Waals surface area contributed by atoms with Gasteiger partial charge in [0.15, 0.2) is 22.9 Å². The Balaban J connectivity index is 0.000000228. The fraction of sp³-hybridized carbons (Fsp3) is 0.125. The van der Waals surface area contributed by atoms with Gasteiger partial charge >= 0.3 is 11.9 Å². The zero-order valence-corrected chi connectivity index (χ0v) is 13.5. The summed E-state index contributed by atoms with van der Waals surface area (Å²) in [6, 6.07) is 7.13. The van der Waals surface area contributed by atoms with Crippen LogP contribution >= 0.6 is 0 Å². The van der Waals surface area contributed by atoms with Gasteiger partial charge in [-0.1, -0.05) is 12.1 Å². The van der Waals surface area contributed by atoms with Crippen LogP contribution in [-0.4, -0.2) is 38.8 Å². The molecule has 0 atom stereocenters. The molecule has 0 radical (unpaired) electrons. The third kappa shape index (κ3) is 4.16. The molecule has 3 aromatic rings. The fourth-order valence-electron chi connectivity index (χ4n) is 1.92. The zero-order valence-electron chi connectivity index (χ0n) is 13.5. The summed E-state index contributed by atoms with van der Waals surface area (Å²) < 4.78 is 30.6. The summed E-state index contributed by atoms with van der Waals surface area (Å²) in [5.41, 5.74) is 5.22. The minimum Gasteiger partial charge on any atom is -0.477 e. The maximum Gasteiger partial charge on any atom is 0.356 e. The minimum atomic E-state index is -1.36. The van der Waals surface area contributed by atoms with E-state index >= 15 is 0 Å². The molecule has 2 heterocycles. The van der Waals surface area contributed by atoms with E-state index in [9.17, 15) is 18.4 Å². The number of carboxylic acids is 1. The Hall–Kier alpha value is -3.40. The van der Waals surface area contributed by atoms with Gasteiger partial charge in [0.25, 0.3) is 0 Å². The first-order valence-corrected chi connectivity index (χ1v) is 7.17. The number of methoxy groups -OCH3 is 1. The van der Waals surface area contributed by atoms with Gasteiger partial charge < -0.3 is 15.6 Å². The van der Waals surface area contributed by atoms with Crippen LogP contribution in [0.5, 0.6) is 0 Å². The number of fused-ring (bicyclic) bond motifs is 1. The van der Waals surface area contributed by atoms with Gasteiger partial charge in [0.1, 0.15) is 5.82 Å². The molecule has 2 aromatic heterocycles. The molecule has 0 bridgehead atoms. The monoisotopic (exact) mass is 364 g/mol. The molecule has 8 nitrogen and oxygen atoms in total. The number of ether oxygens (including phenoxy) is 1. The van der Waals surface area contributed by atoms with E-state index in [1.54, 1.807) is 12.1 Å². The van der Waals surface area contributed by atoms with Crippen molar-refractivity contribution in [3.05, 3.63) is 65.1 Å². The summed E-state index contributed by atoms with van der Waals surface area (Å²) in [4.78, 5) is 25.8. The van der Waals surface area contributed by atoms with Crippen LogP contribution in [0.2, 0.25) is 0 Å². The van der Waals surface area contributed by atoms with E-state index in [0.717, 1.165) is 29.5 Å². The van der Waals surface area contributed by atoms with E-state index in [0.29, 0.717) is 6.54 Å². The van der Waals surface area contributed by atoms with Gasteiger partial charge in [0.05, 0.1) is 13.3 Å². The lowest BCUT2D eigenvalue weighted by Gasteiger charge is -2.02. The molecule has 136 valence electrons. The highest BCUT2D eigenvalue weighted by Crippen LogP contribution is 2.12. The molecule has 0 fully saturated rings. The van der Waals surface area contributed by atoms with Gasteiger partial charge in [-0.3, -0.25) is 0 Å². The third-order valence-electron chi connectivity index (χ3n) is 3.19. The van der Waals surface area contributed by atoms with Crippen LogP contribution < -0.4 is 5.73 Å². The van der Waals surface area contributed by atoms with Crippen molar-refractivity contribution in [2.24, 2.45) is 5.73 Å². The van der Waals surface area contributed by atoms with E-state index in [1.807, 2.05) is 0 Å². The number of nitrogens with zero attached hydrogens (tertiary/aromatic N) is 3. The number of halogens is 2. The second-order valence-corrected chi connectivity index (χ2v) is 4.88. The number of nitrogens with two attached hydrogens (primary N) is 1. The number of hydrogen-bond donors (Lipinski definition) is 2. The van der Waals surface area contributed by atoms with E-state index < -0.39 is 17.8 Å². The molecular weight excluding hydrogens is 350 g/mol. The standard InChI is InChI=1S/C9H6FN3O4.C7H8FN/c1-17-9(16)5-2-6(8(14)15)13-7(12-5)4(10)3-11-13;8-7-3-1-6(5-9)2-4-7/h2-3H,1H3,(H,14,15);1-4H,5,9H2. The summed E-state index contributed by atoms with van der Waals surface area (Å²) in [5, 5.41) is 12.4. The van der Waals surface area contributed by atoms with E-state index in [4.69, 9.17) is 10.8 Å². The average molecular weight is 364 g/mol. The quantitative estimate of drug-likeness (QED) is 0.678. The van der Waals surface area contributed by atoms with Crippen LogP contribution in [0.3, 0.4) is 0 Å². The molecule has 0 unspecified atom stereocenters. The molecule has 0 aliphatic carbocycles. The Bertz CT molecular complexity index is 941. The molecule has 0 spiro atoms. The number of benzene rings is 1. The Morgan fingerprint density at radius 2 is 1.92 bits per heavy atom. The molecule has 3 N–H and O–H groups in total. The molecule has 26 heavy (non-hydrogen) atoms. The van der Waals surface area contributed by atoms with Crippen molar-refractivity contribution in [3.8, 4) is 0 Å². The van der Waals surface area contributed by atoms with E-state index in [-0.39, 0.29) is 22.9 Å². The molecule has 3 rings (SSSR count). The zero-order chi connectivity index (χ0) is 19.3. The highest BCUT2D eigenvalue weighted by Gasteiger charge is 2.19. The Labute approximate surface area is 145 Å². The van der Waals surface area contributed by atoms with Gasteiger partial charge in [-0.05, 0) is 17.7 Å². The van der Waals surface area contributed by atoms with Crippen LogP contribution in [0.15, 0.2) is 36.5 Å². The molecule has 0 saturated carbocycles.